The smallest absolute Gasteiger partial charge is 0.279 e. The van der Waals surface area contributed by atoms with E-state index in [2.05, 4.69) is 9.97 Å². The predicted molar refractivity (Wildman–Crippen MR) is 69.3 cm³/mol. The molecule has 2 aromatic rings. The Balaban J connectivity index is 2.84. The number of anilines is 2. The van der Waals surface area contributed by atoms with Crippen molar-refractivity contribution >= 4 is 17.5 Å². The second-order valence-electron chi connectivity index (χ2n) is 3.76. The number of hydrogen-bond acceptors (Lipinski definition) is 8. The van der Waals surface area contributed by atoms with Crippen molar-refractivity contribution < 1.29 is 10.0 Å². The Morgan fingerprint density at radius 2 is 2.05 bits per heavy atom. The number of benzene rings is 1. The summed E-state index contributed by atoms with van der Waals surface area (Å²) in [5.41, 5.74) is 10.3. The van der Waals surface area contributed by atoms with Crippen LogP contribution in [0.2, 0.25) is 0 Å². The van der Waals surface area contributed by atoms with E-state index >= 15 is 0 Å². The third-order valence-electron chi connectivity index (χ3n) is 2.50. The van der Waals surface area contributed by atoms with Gasteiger partial charge in [-0.05, 0) is 12.1 Å². The van der Waals surface area contributed by atoms with Crippen LogP contribution in [0.15, 0.2) is 18.2 Å². The van der Waals surface area contributed by atoms with Crippen LogP contribution in [-0.4, -0.2) is 20.0 Å². The van der Waals surface area contributed by atoms with Crippen molar-refractivity contribution in [2.75, 3.05) is 11.5 Å². The lowest BCUT2D eigenvalue weighted by atomic mass is 10.0. The Hall–Kier alpha value is -3.41. The van der Waals surface area contributed by atoms with E-state index in [1.807, 2.05) is 0 Å². The highest BCUT2D eigenvalue weighted by atomic mass is 16.6. The van der Waals surface area contributed by atoms with E-state index in [0.717, 1.165) is 18.2 Å². The Kier molecular flexibility index (Phi) is 3.06. The first-order valence-corrected chi connectivity index (χ1v) is 5.25. The van der Waals surface area contributed by atoms with Gasteiger partial charge in [-0.2, -0.15) is 10.2 Å². The molecule has 2 rings (SSSR count). The molecule has 0 saturated carbocycles. The van der Waals surface area contributed by atoms with E-state index in [9.17, 15) is 15.2 Å². The Bertz CT molecular complexity index is 753. The molecule has 0 fully saturated rings. The number of hydrogen-bond donors (Lipinski definition) is 3. The summed E-state index contributed by atoms with van der Waals surface area (Å²) in [7, 11) is 0. The molecule has 1 heterocycles. The van der Waals surface area contributed by atoms with Crippen LogP contribution in [0.3, 0.4) is 0 Å². The highest BCUT2D eigenvalue weighted by Crippen LogP contribution is 2.35. The minimum atomic E-state index is -0.662. The molecule has 0 radical (unpaired) electrons. The minimum absolute atomic E-state index is 0.0626. The summed E-state index contributed by atoms with van der Waals surface area (Å²) in [4.78, 5) is 17.8. The molecular weight excluding hydrogens is 264 g/mol. The van der Waals surface area contributed by atoms with Gasteiger partial charge in [-0.15, -0.1) is 0 Å². The standard InChI is InChI=1S/C11H8N6O3/c12-4-7-9(15-11(14)16-10(7)13)6-3-5(18)1-2-8(6)17(19)20/h1-3,18H,(H4,13,14,15,16). The molecule has 0 spiro atoms. The van der Waals surface area contributed by atoms with E-state index < -0.39 is 4.92 Å². The monoisotopic (exact) mass is 272 g/mol. The van der Waals surface area contributed by atoms with Crippen LogP contribution in [-0.2, 0) is 0 Å². The lowest BCUT2D eigenvalue weighted by Gasteiger charge is -2.07. The van der Waals surface area contributed by atoms with Crippen LogP contribution < -0.4 is 11.5 Å². The number of nitro groups is 1. The number of aromatic hydroxyl groups is 1. The minimum Gasteiger partial charge on any atom is -0.508 e. The molecule has 1 aromatic carbocycles. The maximum atomic E-state index is 11.0. The van der Waals surface area contributed by atoms with Gasteiger partial charge in [0.25, 0.3) is 5.69 Å². The van der Waals surface area contributed by atoms with Gasteiger partial charge >= 0.3 is 0 Å². The first-order chi connectivity index (χ1) is 9.43. The molecule has 0 atom stereocenters. The average molecular weight is 272 g/mol. The van der Waals surface area contributed by atoms with E-state index in [0.29, 0.717) is 0 Å². The number of phenols is 1. The molecule has 0 unspecified atom stereocenters. The first kappa shape index (κ1) is 13.0. The quantitative estimate of drug-likeness (QED) is 0.533. The zero-order chi connectivity index (χ0) is 14.9. The predicted octanol–water partition coefficient (Wildman–Crippen LogP) is 0.793. The largest absolute Gasteiger partial charge is 0.508 e. The summed E-state index contributed by atoms with van der Waals surface area (Å²) in [5.74, 6) is -0.632. The van der Waals surface area contributed by atoms with Crippen molar-refractivity contribution in [1.82, 2.24) is 9.97 Å². The SMILES string of the molecule is N#Cc1c(N)nc(N)nc1-c1cc(O)ccc1[N+](=O)[O-]. The van der Waals surface area contributed by atoms with Crippen LogP contribution >= 0.6 is 0 Å². The van der Waals surface area contributed by atoms with Crippen molar-refractivity contribution in [1.29, 1.82) is 5.26 Å². The molecule has 5 N–H and O–H groups in total. The van der Waals surface area contributed by atoms with E-state index in [1.54, 1.807) is 6.07 Å². The van der Waals surface area contributed by atoms with E-state index in [-0.39, 0.29) is 40.0 Å². The highest BCUT2D eigenvalue weighted by molar-refractivity contribution is 5.80. The highest BCUT2D eigenvalue weighted by Gasteiger charge is 2.22. The summed E-state index contributed by atoms with van der Waals surface area (Å²) < 4.78 is 0. The first-order valence-electron chi connectivity index (χ1n) is 5.25. The maximum Gasteiger partial charge on any atom is 0.279 e. The summed E-state index contributed by atoms with van der Waals surface area (Å²) >= 11 is 0. The molecule has 100 valence electrons. The van der Waals surface area contributed by atoms with Crippen molar-refractivity contribution in [3.05, 3.63) is 33.9 Å². The van der Waals surface area contributed by atoms with Crippen LogP contribution in [0, 0.1) is 21.4 Å². The molecule has 20 heavy (non-hydrogen) atoms. The molecule has 0 aliphatic heterocycles. The number of phenolic OH excluding ortho intramolecular Hbond substituents is 1. The van der Waals surface area contributed by atoms with E-state index in [1.165, 1.54) is 0 Å². The topological polar surface area (TPSA) is 165 Å². The Morgan fingerprint density at radius 1 is 1.35 bits per heavy atom. The molecule has 1 aromatic heterocycles. The fraction of sp³-hybridized carbons (Fsp3) is 0. The van der Waals surface area contributed by atoms with Gasteiger partial charge in [0.15, 0.2) is 0 Å². The van der Waals surface area contributed by atoms with Gasteiger partial charge in [0, 0.05) is 6.07 Å². The lowest BCUT2D eigenvalue weighted by Crippen LogP contribution is -2.06. The Morgan fingerprint density at radius 3 is 2.65 bits per heavy atom. The van der Waals surface area contributed by atoms with Crippen LogP contribution in [0.4, 0.5) is 17.5 Å². The molecular formula is C11H8N6O3. The summed E-state index contributed by atoms with van der Waals surface area (Å²) in [6.07, 6.45) is 0. The van der Waals surface area contributed by atoms with Gasteiger partial charge in [-0.25, -0.2) is 4.98 Å². The van der Waals surface area contributed by atoms with E-state index in [4.69, 9.17) is 16.7 Å². The number of rotatable bonds is 2. The molecule has 9 nitrogen and oxygen atoms in total. The summed E-state index contributed by atoms with van der Waals surface area (Å²) in [6, 6.07) is 5.13. The molecule has 9 heteroatoms. The third-order valence-corrected chi connectivity index (χ3v) is 2.50. The normalized spacial score (nSPS) is 9.95. The van der Waals surface area contributed by atoms with Crippen LogP contribution in [0.1, 0.15) is 5.56 Å². The zero-order valence-corrected chi connectivity index (χ0v) is 9.94. The van der Waals surface area contributed by atoms with Gasteiger partial charge in [0.1, 0.15) is 28.9 Å². The number of aromatic nitrogens is 2. The van der Waals surface area contributed by atoms with Gasteiger partial charge in [0.2, 0.25) is 5.95 Å². The average Bonchev–Trinajstić information content (AvgIpc) is 2.37. The summed E-state index contributed by atoms with van der Waals surface area (Å²) in [5, 5.41) is 29.5. The molecule has 0 saturated heterocycles. The molecule has 0 bridgehead atoms. The van der Waals surface area contributed by atoms with Crippen molar-refractivity contribution in [2.24, 2.45) is 0 Å². The van der Waals surface area contributed by atoms with Gasteiger partial charge in [-0.3, -0.25) is 10.1 Å². The lowest BCUT2D eigenvalue weighted by molar-refractivity contribution is -0.384. The van der Waals surface area contributed by atoms with Crippen LogP contribution in [0.5, 0.6) is 5.75 Å². The second kappa shape index (κ2) is 4.69. The Labute approximate surface area is 112 Å². The zero-order valence-electron chi connectivity index (χ0n) is 9.94. The van der Waals surface area contributed by atoms with Gasteiger partial charge in [0.05, 0.1) is 10.5 Å². The molecule has 0 aliphatic rings. The number of nitriles is 1. The van der Waals surface area contributed by atoms with Crippen molar-refractivity contribution in [3.8, 4) is 23.1 Å². The molecule has 0 aliphatic carbocycles. The number of nitrogen functional groups attached to an aromatic ring is 2. The summed E-state index contributed by atoms with van der Waals surface area (Å²) in [6.45, 7) is 0. The number of nitro benzene ring substituents is 1. The van der Waals surface area contributed by atoms with Crippen LogP contribution in [0.25, 0.3) is 11.3 Å². The fourth-order valence-corrected chi connectivity index (χ4v) is 1.67. The second-order valence-corrected chi connectivity index (χ2v) is 3.76. The fourth-order valence-electron chi connectivity index (χ4n) is 1.67. The number of nitrogens with zero attached hydrogens (tertiary/aromatic N) is 4. The molecule has 0 amide bonds. The number of nitrogens with two attached hydrogens (primary N) is 2. The van der Waals surface area contributed by atoms with Gasteiger partial charge in [-0.1, -0.05) is 0 Å². The maximum absolute atomic E-state index is 11.0. The van der Waals surface area contributed by atoms with Crippen molar-refractivity contribution in [2.45, 2.75) is 0 Å². The third kappa shape index (κ3) is 2.13. The van der Waals surface area contributed by atoms with Gasteiger partial charge < -0.3 is 16.6 Å². The van der Waals surface area contributed by atoms with Crippen molar-refractivity contribution in [3.63, 3.8) is 0 Å².